The van der Waals surface area contributed by atoms with E-state index >= 15 is 0 Å². The first-order valence-corrected chi connectivity index (χ1v) is 18.6. The van der Waals surface area contributed by atoms with Gasteiger partial charge in [-0.2, -0.15) is 0 Å². The number of benzene rings is 4. The highest BCUT2D eigenvalue weighted by Crippen LogP contribution is 2.54. The Morgan fingerprint density at radius 3 is 2.46 bits per heavy atom. The van der Waals surface area contributed by atoms with Gasteiger partial charge >= 0.3 is 0 Å². The molecule has 4 heterocycles. The Hall–Kier alpha value is -4.49. The van der Waals surface area contributed by atoms with Crippen molar-refractivity contribution in [3.63, 3.8) is 0 Å². The van der Waals surface area contributed by atoms with Crippen LogP contribution in [0.25, 0.3) is 0 Å². The molecule has 7 heteroatoms. The van der Waals surface area contributed by atoms with Gasteiger partial charge in [0, 0.05) is 56.4 Å². The number of hydrogen-bond donors (Lipinski definition) is 2. The predicted molar refractivity (Wildman–Crippen MR) is 193 cm³/mol. The van der Waals surface area contributed by atoms with Crippen LogP contribution in [0.2, 0.25) is 0 Å². The molecule has 2 N–H and O–H groups in total. The van der Waals surface area contributed by atoms with E-state index in [-0.39, 0.29) is 17.4 Å². The van der Waals surface area contributed by atoms with Gasteiger partial charge < -0.3 is 24.8 Å². The van der Waals surface area contributed by atoms with Gasteiger partial charge in [-0.1, -0.05) is 48.5 Å². The molecule has 0 bridgehead atoms. The van der Waals surface area contributed by atoms with E-state index in [9.17, 15) is 9.90 Å². The molecule has 2 atom stereocenters. The van der Waals surface area contributed by atoms with Crippen molar-refractivity contribution in [3.8, 4) is 17.2 Å². The zero-order valence-corrected chi connectivity index (χ0v) is 28.6. The van der Waals surface area contributed by atoms with Crippen molar-refractivity contribution >= 4 is 11.6 Å². The van der Waals surface area contributed by atoms with Crippen molar-refractivity contribution in [2.45, 2.75) is 62.5 Å². The second kappa shape index (κ2) is 11.5. The van der Waals surface area contributed by atoms with Gasteiger partial charge in [0.15, 0.2) is 17.1 Å². The summed E-state index contributed by atoms with van der Waals surface area (Å²) < 4.78 is 12.6. The van der Waals surface area contributed by atoms with Gasteiger partial charge in [-0.25, -0.2) is 0 Å². The van der Waals surface area contributed by atoms with Crippen LogP contribution in [-0.2, 0) is 13.0 Å². The van der Waals surface area contributed by atoms with Gasteiger partial charge in [-0.15, -0.1) is 0 Å². The normalized spacial score (nSPS) is 24.6. The molecule has 7 nitrogen and oxygen atoms in total. The zero-order chi connectivity index (χ0) is 33.5. The fourth-order valence-corrected chi connectivity index (χ4v) is 10.4. The summed E-state index contributed by atoms with van der Waals surface area (Å²) >= 11 is 0. The highest BCUT2D eigenvalue weighted by Gasteiger charge is 2.52. The molecular weight excluding hydrogens is 622 g/mol. The number of aromatic hydroxyl groups is 1. The van der Waals surface area contributed by atoms with E-state index in [0.717, 1.165) is 62.8 Å². The maximum Gasteiger partial charge on any atom is 0.252 e. The third-order valence-corrected chi connectivity index (χ3v) is 12.9. The molecule has 0 aromatic heterocycles. The first-order valence-electron chi connectivity index (χ1n) is 18.6. The SMILES string of the molecule is O=C1NCc2cc3c(cc21)OCC1(CN(CC2CC4(CCN(c5ccc(C6c7ccc(O)cc7CCC6c6ccccc6)cc5)CC4)C2)C1)O3. The average Bonchev–Trinajstić information content (AvgIpc) is 3.48. The first kappa shape index (κ1) is 30.3. The minimum atomic E-state index is -0.259. The summed E-state index contributed by atoms with van der Waals surface area (Å²) in [5.41, 5.74) is 8.70. The van der Waals surface area contributed by atoms with Crippen molar-refractivity contribution in [2.75, 3.05) is 44.2 Å². The van der Waals surface area contributed by atoms with Gasteiger partial charge in [-0.05, 0) is 120 Å². The second-order valence-electron chi connectivity index (χ2n) is 16.2. The molecule has 4 aliphatic heterocycles. The van der Waals surface area contributed by atoms with E-state index in [4.69, 9.17) is 9.47 Å². The number of likely N-dealkylation sites (tertiary alicyclic amines) is 1. The van der Waals surface area contributed by atoms with Crippen LogP contribution >= 0.6 is 0 Å². The van der Waals surface area contributed by atoms with Crippen LogP contribution in [0.1, 0.15) is 82.1 Å². The van der Waals surface area contributed by atoms with Crippen LogP contribution in [-0.4, -0.2) is 60.8 Å². The molecule has 2 aliphatic carbocycles. The van der Waals surface area contributed by atoms with Gasteiger partial charge in [-0.3, -0.25) is 9.69 Å². The maximum absolute atomic E-state index is 12.0. The molecule has 2 unspecified atom stereocenters. The summed E-state index contributed by atoms with van der Waals surface area (Å²) in [4.78, 5) is 17.2. The Balaban J connectivity index is 0.742. The summed E-state index contributed by atoms with van der Waals surface area (Å²) in [6.07, 6.45) is 7.32. The van der Waals surface area contributed by atoms with Gasteiger partial charge in [0.1, 0.15) is 12.4 Å². The number of anilines is 1. The lowest BCUT2D eigenvalue weighted by Gasteiger charge is -2.57. The van der Waals surface area contributed by atoms with Crippen LogP contribution in [0.5, 0.6) is 17.2 Å². The van der Waals surface area contributed by atoms with Crippen LogP contribution in [0, 0.1) is 11.3 Å². The molecule has 4 aromatic carbocycles. The van der Waals surface area contributed by atoms with E-state index < -0.39 is 0 Å². The number of phenols is 1. The molecule has 3 fully saturated rings. The Labute approximate surface area is 294 Å². The van der Waals surface area contributed by atoms with Gasteiger partial charge in [0.05, 0.1) is 0 Å². The summed E-state index contributed by atoms with van der Waals surface area (Å²) in [7, 11) is 0. The number of carbonyl (C=O) groups excluding carboxylic acids is 1. The lowest BCUT2D eigenvalue weighted by atomic mass is 9.57. The van der Waals surface area contributed by atoms with Crippen molar-refractivity contribution in [1.82, 2.24) is 10.2 Å². The summed E-state index contributed by atoms with van der Waals surface area (Å²) in [5.74, 6) is 3.30. The van der Waals surface area contributed by atoms with Crippen molar-refractivity contribution in [2.24, 2.45) is 11.3 Å². The molecule has 256 valence electrons. The van der Waals surface area contributed by atoms with E-state index in [1.165, 1.54) is 53.6 Å². The molecule has 1 amide bonds. The minimum absolute atomic E-state index is 0.0261. The predicted octanol–water partition coefficient (Wildman–Crippen LogP) is 7.02. The number of nitrogens with one attached hydrogen (secondary N) is 1. The number of fused-ring (bicyclic) bond motifs is 3. The van der Waals surface area contributed by atoms with E-state index in [1.54, 1.807) is 0 Å². The Kier molecular flexibility index (Phi) is 6.99. The highest BCUT2D eigenvalue weighted by molar-refractivity contribution is 5.99. The fraction of sp³-hybridized carbons (Fsp3) is 0.419. The van der Waals surface area contributed by atoms with Gasteiger partial charge in [0.2, 0.25) is 0 Å². The smallest absolute Gasteiger partial charge is 0.252 e. The number of hydrogen-bond acceptors (Lipinski definition) is 6. The van der Waals surface area contributed by atoms with Crippen LogP contribution < -0.4 is 19.7 Å². The number of aryl methyl sites for hydroxylation is 1. The molecule has 4 aromatic rings. The number of amides is 1. The largest absolute Gasteiger partial charge is 0.508 e. The lowest BCUT2D eigenvalue weighted by Crippen LogP contribution is -2.69. The standard InChI is InChI=1S/C43H45N3O4/c47-34-11-13-36-31(18-34)8-12-35(29-4-2-1-3-5-29)40(36)30-6-9-33(10-7-30)46-16-14-42(15-17-46)21-28(22-42)24-45-25-43(26-45)27-49-38-20-37-32(19-39(38)50-43)23-44-41(37)48/h1-7,9-11,13,18-20,28,35,40,47H,8,12,14-17,21-27H2,(H,44,48). The molecule has 10 rings (SSSR count). The maximum atomic E-state index is 12.0. The fourth-order valence-electron chi connectivity index (χ4n) is 10.4. The summed E-state index contributed by atoms with van der Waals surface area (Å²) in [6, 6.07) is 30.2. The van der Waals surface area contributed by atoms with Crippen LogP contribution in [0.4, 0.5) is 5.69 Å². The highest BCUT2D eigenvalue weighted by atomic mass is 16.6. The number of ether oxygens (including phenoxy) is 2. The third kappa shape index (κ3) is 5.15. The molecular formula is C43H45N3O4. The average molecular weight is 668 g/mol. The molecule has 0 radical (unpaired) electrons. The molecule has 2 spiro atoms. The monoisotopic (exact) mass is 667 g/mol. The molecule has 50 heavy (non-hydrogen) atoms. The summed E-state index contributed by atoms with van der Waals surface area (Å²) in [5, 5.41) is 13.1. The van der Waals surface area contributed by atoms with E-state index in [0.29, 0.717) is 41.5 Å². The van der Waals surface area contributed by atoms with Crippen molar-refractivity contribution in [3.05, 3.63) is 118 Å². The van der Waals surface area contributed by atoms with Crippen molar-refractivity contribution in [1.29, 1.82) is 0 Å². The number of phenolic OH excluding ortho intramolecular Hbond substituents is 1. The number of carbonyl (C=O) groups is 1. The minimum Gasteiger partial charge on any atom is -0.508 e. The van der Waals surface area contributed by atoms with Crippen LogP contribution in [0.3, 0.4) is 0 Å². The zero-order valence-electron chi connectivity index (χ0n) is 28.6. The van der Waals surface area contributed by atoms with Crippen LogP contribution in [0.15, 0.2) is 84.9 Å². The first-order chi connectivity index (χ1) is 24.4. The lowest BCUT2D eigenvalue weighted by molar-refractivity contribution is -0.129. The topological polar surface area (TPSA) is 74.3 Å². The third-order valence-electron chi connectivity index (χ3n) is 12.9. The van der Waals surface area contributed by atoms with E-state index in [1.807, 2.05) is 24.3 Å². The molecule has 1 saturated carbocycles. The number of piperidine rings is 1. The summed E-state index contributed by atoms with van der Waals surface area (Å²) in [6.45, 7) is 6.36. The quantitative estimate of drug-likeness (QED) is 0.239. The number of rotatable bonds is 5. The van der Waals surface area contributed by atoms with Crippen molar-refractivity contribution < 1.29 is 19.4 Å². The van der Waals surface area contributed by atoms with Gasteiger partial charge in [0.25, 0.3) is 5.91 Å². The van der Waals surface area contributed by atoms with E-state index in [2.05, 4.69) is 75.8 Å². The Bertz CT molecular complexity index is 1940. The Morgan fingerprint density at radius 1 is 0.860 bits per heavy atom. The molecule has 2 saturated heterocycles. The second-order valence-corrected chi connectivity index (χ2v) is 16.2. The number of nitrogens with zero attached hydrogens (tertiary/aromatic N) is 2. The Morgan fingerprint density at radius 2 is 1.66 bits per heavy atom. The molecule has 6 aliphatic rings.